The number of hydrogen-bond acceptors (Lipinski definition) is 3. The Labute approximate surface area is 143 Å². The highest BCUT2D eigenvalue weighted by atomic mass is 16.5. The summed E-state index contributed by atoms with van der Waals surface area (Å²) in [6, 6.07) is 0. The Kier molecular flexibility index (Phi) is 18.2. The summed E-state index contributed by atoms with van der Waals surface area (Å²) in [4.78, 5) is 21.6. The first-order valence-corrected chi connectivity index (χ1v) is 9.28. The number of hydrogen-bond donors (Lipinski definition) is 1. The van der Waals surface area contributed by atoms with E-state index in [9.17, 15) is 9.59 Å². The van der Waals surface area contributed by atoms with Gasteiger partial charge in [-0.05, 0) is 25.7 Å². The highest BCUT2D eigenvalue weighted by Gasteiger charge is 2.15. The van der Waals surface area contributed by atoms with E-state index in [-0.39, 0.29) is 17.8 Å². The van der Waals surface area contributed by atoms with E-state index >= 15 is 0 Å². The molecule has 2 unspecified atom stereocenters. The van der Waals surface area contributed by atoms with Crippen molar-refractivity contribution in [3.63, 3.8) is 0 Å². The van der Waals surface area contributed by atoms with E-state index < -0.39 is 5.97 Å². The fraction of sp³-hybridized carbons (Fsp3) is 0.895. The van der Waals surface area contributed by atoms with Crippen molar-refractivity contribution in [2.75, 3.05) is 7.11 Å². The van der Waals surface area contributed by atoms with Crippen LogP contribution in [-0.4, -0.2) is 24.2 Å². The minimum absolute atomic E-state index is 0.0476. The zero-order valence-electron chi connectivity index (χ0n) is 15.9. The van der Waals surface area contributed by atoms with Crippen LogP contribution >= 0.6 is 0 Å². The maximum atomic E-state index is 11.1. The van der Waals surface area contributed by atoms with E-state index in [0.717, 1.165) is 51.4 Å². The van der Waals surface area contributed by atoms with Crippen LogP contribution in [-0.2, 0) is 14.3 Å². The predicted molar refractivity (Wildman–Crippen MR) is 95.5 cm³/mol. The zero-order chi connectivity index (χ0) is 18.1. The number of aliphatic carboxylic acids is 1. The van der Waals surface area contributed by atoms with Crippen LogP contribution in [0.3, 0.4) is 0 Å². The smallest absolute Gasteiger partial charge is 0.308 e. The van der Waals surface area contributed by atoms with Gasteiger partial charge in [0.25, 0.3) is 0 Å². The van der Waals surface area contributed by atoms with Crippen LogP contribution in [0.2, 0.25) is 0 Å². The Bertz CT molecular complexity index is 289. The van der Waals surface area contributed by atoms with Crippen molar-refractivity contribution < 1.29 is 19.4 Å². The molecule has 2 atom stereocenters. The molecule has 0 aliphatic carbocycles. The van der Waals surface area contributed by atoms with E-state index in [1.165, 1.54) is 20.0 Å². The van der Waals surface area contributed by atoms with Crippen molar-refractivity contribution in [3.05, 3.63) is 0 Å². The van der Waals surface area contributed by atoms with Crippen LogP contribution < -0.4 is 0 Å². The van der Waals surface area contributed by atoms with Gasteiger partial charge in [-0.2, -0.15) is 0 Å². The standard InChI is InChI=1S/C10H20O2.C9H18O2/c1-4-6-7-8-9(5-2)10(11)12-3;1-3-5-6-7-8(4-2)9(10)11/h9H,4-8H2,1-3H3;8H,3-7H2,1-2H3,(H,10,11). The molecule has 0 saturated carbocycles. The number of carbonyl (C=O) groups excluding carboxylic acids is 1. The molecule has 138 valence electrons. The lowest BCUT2D eigenvalue weighted by atomic mass is 9.99. The molecule has 0 heterocycles. The van der Waals surface area contributed by atoms with Crippen molar-refractivity contribution in [2.45, 2.75) is 91.9 Å². The second-order valence-corrected chi connectivity index (χ2v) is 6.06. The van der Waals surface area contributed by atoms with Gasteiger partial charge in [0, 0.05) is 0 Å². The summed E-state index contributed by atoms with van der Waals surface area (Å²) in [6.45, 7) is 8.26. The Hall–Kier alpha value is -1.06. The fourth-order valence-corrected chi connectivity index (χ4v) is 2.44. The minimum atomic E-state index is -0.636. The first-order chi connectivity index (χ1) is 11.0. The molecule has 0 saturated heterocycles. The van der Waals surface area contributed by atoms with E-state index in [0.29, 0.717) is 0 Å². The summed E-state index contributed by atoms with van der Waals surface area (Å²) in [5.74, 6) is -0.666. The number of rotatable bonds is 12. The lowest BCUT2D eigenvalue weighted by Crippen LogP contribution is -2.15. The second kappa shape index (κ2) is 17.3. The second-order valence-electron chi connectivity index (χ2n) is 6.06. The molecule has 4 nitrogen and oxygen atoms in total. The summed E-state index contributed by atoms with van der Waals surface area (Å²) in [7, 11) is 1.46. The molecular weight excluding hydrogens is 292 g/mol. The molecule has 0 amide bonds. The highest BCUT2D eigenvalue weighted by molar-refractivity contribution is 5.72. The normalized spacial score (nSPS) is 12.7. The molecule has 1 N–H and O–H groups in total. The summed E-state index contributed by atoms with van der Waals surface area (Å²) in [5, 5.41) is 8.67. The largest absolute Gasteiger partial charge is 0.481 e. The summed E-state index contributed by atoms with van der Waals surface area (Å²) < 4.78 is 4.69. The SMILES string of the molecule is CCCCCC(CC)C(=O)O.CCCCCC(CC)C(=O)OC. The fourth-order valence-electron chi connectivity index (χ4n) is 2.44. The van der Waals surface area contributed by atoms with Crippen molar-refractivity contribution in [2.24, 2.45) is 11.8 Å². The van der Waals surface area contributed by atoms with Gasteiger partial charge in [0.15, 0.2) is 0 Å². The van der Waals surface area contributed by atoms with Crippen LogP contribution in [0.1, 0.15) is 91.9 Å². The topological polar surface area (TPSA) is 63.6 Å². The van der Waals surface area contributed by atoms with Crippen molar-refractivity contribution in [1.29, 1.82) is 0 Å². The molecule has 4 heteroatoms. The average molecular weight is 331 g/mol. The molecule has 0 aromatic rings. The molecular formula is C19H38O4. The van der Waals surface area contributed by atoms with Gasteiger partial charge in [-0.3, -0.25) is 9.59 Å². The average Bonchev–Trinajstić information content (AvgIpc) is 2.55. The van der Waals surface area contributed by atoms with Gasteiger partial charge in [0.05, 0.1) is 18.9 Å². The van der Waals surface area contributed by atoms with Gasteiger partial charge < -0.3 is 9.84 Å². The van der Waals surface area contributed by atoms with Gasteiger partial charge in [-0.1, -0.05) is 66.2 Å². The maximum Gasteiger partial charge on any atom is 0.308 e. The lowest BCUT2D eigenvalue weighted by Gasteiger charge is -2.10. The molecule has 0 spiro atoms. The molecule has 0 aliphatic rings. The third kappa shape index (κ3) is 14.3. The van der Waals surface area contributed by atoms with Crippen molar-refractivity contribution in [1.82, 2.24) is 0 Å². The van der Waals surface area contributed by atoms with Crippen LogP contribution in [0.25, 0.3) is 0 Å². The maximum absolute atomic E-state index is 11.1. The first kappa shape index (κ1) is 24.2. The zero-order valence-corrected chi connectivity index (χ0v) is 15.9. The summed E-state index contributed by atoms with van der Waals surface area (Å²) in [5.41, 5.74) is 0. The van der Waals surface area contributed by atoms with Gasteiger partial charge >= 0.3 is 11.9 Å². The quantitative estimate of drug-likeness (QED) is 0.382. The number of carbonyl (C=O) groups is 2. The van der Waals surface area contributed by atoms with Crippen LogP contribution in [0.5, 0.6) is 0 Å². The summed E-state index contributed by atoms with van der Waals surface area (Å²) in [6.07, 6.45) is 10.4. The van der Waals surface area contributed by atoms with E-state index in [1.807, 2.05) is 13.8 Å². The van der Waals surface area contributed by atoms with Gasteiger partial charge in [0.2, 0.25) is 0 Å². The monoisotopic (exact) mass is 330 g/mol. The molecule has 0 aromatic carbocycles. The van der Waals surface area contributed by atoms with Gasteiger partial charge in [0.1, 0.15) is 0 Å². The Morgan fingerprint density at radius 3 is 1.57 bits per heavy atom. The third-order valence-corrected chi connectivity index (χ3v) is 4.18. The minimum Gasteiger partial charge on any atom is -0.481 e. The number of carboxylic acids is 1. The molecule has 0 radical (unpaired) electrons. The number of esters is 1. The van der Waals surface area contributed by atoms with Crippen LogP contribution in [0, 0.1) is 11.8 Å². The van der Waals surface area contributed by atoms with Crippen molar-refractivity contribution in [3.8, 4) is 0 Å². The van der Waals surface area contributed by atoms with E-state index in [1.54, 1.807) is 0 Å². The van der Waals surface area contributed by atoms with E-state index in [2.05, 4.69) is 13.8 Å². The molecule has 0 rings (SSSR count). The Morgan fingerprint density at radius 2 is 1.26 bits per heavy atom. The Morgan fingerprint density at radius 1 is 0.826 bits per heavy atom. The molecule has 0 aliphatic heterocycles. The van der Waals surface area contributed by atoms with Crippen molar-refractivity contribution >= 4 is 11.9 Å². The first-order valence-electron chi connectivity index (χ1n) is 9.28. The number of methoxy groups -OCH3 is 1. The highest BCUT2D eigenvalue weighted by Crippen LogP contribution is 2.14. The number of unbranched alkanes of at least 4 members (excludes halogenated alkanes) is 4. The molecule has 0 aromatic heterocycles. The van der Waals surface area contributed by atoms with Crippen LogP contribution in [0.15, 0.2) is 0 Å². The predicted octanol–water partition coefficient (Wildman–Crippen LogP) is 5.44. The lowest BCUT2D eigenvalue weighted by molar-refractivity contribution is -0.146. The van der Waals surface area contributed by atoms with Gasteiger partial charge in [-0.15, -0.1) is 0 Å². The molecule has 0 fully saturated rings. The Balaban J connectivity index is 0. The summed E-state index contributed by atoms with van der Waals surface area (Å²) >= 11 is 0. The molecule has 0 bridgehead atoms. The third-order valence-electron chi connectivity index (χ3n) is 4.18. The number of carboxylic acid groups (broad SMARTS) is 1. The van der Waals surface area contributed by atoms with E-state index in [4.69, 9.17) is 9.84 Å². The van der Waals surface area contributed by atoms with Gasteiger partial charge in [-0.25, -0.2) is 0 Å². The van der Waals surface area contributed by atoms with Crippen LogP contribution in [0.4, 0.5) is 0 Å². The molecule has 23 heavy (non-hydrogen) atoms. The number of ether oxygens (including phenoxy) is 1.